The van der Waals surface area contributed by atoms with Gasteiger partial charge in [0.1, 0.15) is 10.9 Å². The highest BCUT2D eigenvalue weighted by atomic mass is 32.2. The highest BCUT2D eigenvalue weighted by molar-refractivity contribution is 7.90. The van der Waals surface area contributed by atoms with Crippen molar-refractivity contribution in [3.8, 4) is 0 Å². The van der Waals surface area contributed by atoms with Crippen LogP contribution in [0.15, 0.2) is 51.1 Å². The molecular formula is C24H30N4O3S2. The summed E-state index contributed by atoms with van der Waals surface area (Å²) in [6.45, 7) is 5.57. The lowest BCUT2D eigenvalue weighted by atomic mass is 9.97. The normalized spacial score (nSPS) is 23.8. The average Bonchev–Trinajstić information content (AvgIpc) is 3.55. The molecule has 1 N–H and O–H groups in total. The van der Waals surface area contributed by atoms with Crippen LogP contribution >= 0.6 is 11.3 Å². The van der Waals surface area contributed by atoms with E-state index in [2.05, 4.69) is 39.1 Å². The van der Waals surface area contributed by atoms with Crippen molar-refractivity contribution in [1.82, 2.24) is 15.1 Å². The molecule has 176 valence electrons. The van der Waals surface area contributed by atoms with Crippen molar-refractivity contribution in [2.75, 3.05) is 26.2 Å². The lowest BCUT2D eigenvalue weighted by molar-refractivity contribution is -0.124. The van der Waals surface area contributed by atoms with Crippen molar-refractivity contribution < 1.29 is 13.2 Å². The van der Waals surface area contributed by atoms with Gasteiger partial charge in [0, 0.05) is 23.5 Å². The van der Waals surface area contributed by atoms with Crippen molar-refractivity contribution in [1.29, 1.82) is 0 Å². The van der Waals surface area contributed by atoms with E-state index < -0.39 is 16.1 Å². The predicted octanol–water partition coefficient (Wildman–Crippen LogP) is 3.25. The Bertz CT molecular complexity index is 1140. The van der Waals surface area contributed by atoms with E-state index in [9.17, 15) is 13.2 Å². The first-order chi connectivity index (χ1) is 15.9. The zero-order valence-electron chi connectivity index (χ0n) is 18.8. The molecule has 2 fully saturated rings. The third-order valence-corrected chi connectivity index (χ3v) is 9.34. The van der Waals surface area contributed by atoms with Crippen LogP contribution in [0.4, 0.5) is 0 Å². The first-order valence-corrected chi connectivity index (χ1v) is 14.0. The minimum atomic E-state index is -3.71. The fourth-order valence-corrected chi connectivity index (χ4v) is 7.21. The van der Waals surface area contributed by atoms with Gasteiger partial charge in [-0.25, -0.2) is 0 Å². The number of amidine groups is 1. The van der Waals surface area contributed by atoms with Crippen molar-refractivity contribution >= 4 is 33.1 Å². The van der Waals surface area contributed by atoms with E-state index in [0.29, 0.717) is 30.9 Å². The minimum Gasteiger partial charge on any atom is -0.352 e. The lowest BCUT2D eigenvalue weighted by Crippen LogP contribution is -2.48. The molecule has 0 saturated carbocycles. The van der Waals surface area contributed by atoms with Crippen molar-refractivity contribution in [3.63, 3.8) is 0 Å². The second kappa shape index (κ2) is 9.19. The molecule has 33 heavy (non-hydrogen) atoms. The summed E-state index contributed by atoms with van der Waals surface area (Å²) in [5, 5.41) is 5.29. The maximum atomic E-state index is 13.3. The van der Waals surface area contributed by atoms with Crippen molar-refractivity contribution in [3.05, 3.63) is 52.2 Å². The topological polar surface area (TPSA) is 82.1 Å². The van der Waals surface area contributed by atoms with E-state index >= 15 is 0 Å². The third-order valence-electron chi connectivity index (χ3n) is 7.04. The average molecular weight is 487 g/mol. The quantitative estimate of drug-likeness (QED) is 0.702. The van der Waals surface area contributed by atoms with E-state index in [0.717, 1.165) is 25.4 Å². The van der Waals surface area contributed by atoms with Gasteiger partial charge in [0.2, 0.25) is 5.91 Å². The number of hydrogen-bond donors (Lipinski definition) is 1. The number of benzene rings is 1. The van der Waals surface area contributed by atoms with Gasteiger partial charge in [0.05, 0.1) is 6.04 Å². The number of hydrogen-bond acceptors (Lipinski definition) is 6. The fourth-order valence-electron chi connectivity index (χ4n) is 5.13. The molecule has 9 heteroatoms. The monoisotopic (exact) mass is 486 g/mol. The summed E-state index contributed by atoms with van der Waals surface area (Å²) in [5.41, 5.74) is 0.594. The molecule has 1 unspecified atom stereocenters. The van der Waals surface area contributed by atoms with Crippen molar-refractivity contribution in [2.24, 2.45) is 10.3 Å². The molecular weight excluding hydrogens is 456 g/mol. The van der Waals surface area contributed by atoms with E-state index in [-0.39, 0.29) is 16.8 Å². The van der Waals surface area contributed by atoms with Gasteiger partial charge in [-0.2, -0.15) is 8.42 Å². The minimum absolute atomic E-state index is 0.0519. The summed E-state index contributed by atoms with van der Waals surface area (Å²) in [6.07, 6.45) is 3.88. The second-order valence-corrected chi connectivity index (χ2v) is 11.8. The molecule has 0 bridgehead atoms. The summed E-state index contributed by atoms with van der Waals surface area (Å²) < 4.78 is 29.1. The van der Waals surface area contributed by atoms with Crippen LogP contribution in [0.2, 0.25) is 0 Å². The Kier molecular flexibility index (Phi) is 6.28. The number of carbonyl (C=O) groups excluding carboxylic acids is 1. The summed E-state index contributed by atoms with van der Waals surface area (Å²) in [7, 11) is -3.71. The Morgan fingerprint density at radius 2 is 1.94 bits per heavy atom. The molecule has 1 aromatic carbocycles. The van der Waals surface area contributed by atoms with Gasteiger partial charge >= 0.3 is 0 Å². The Balaban J connectivity index is 1.31. The summed E-state index contributed by atoms with van der Waals surface area (Å²) in [6, 6.07) is 10.8. The number of piperidine rings is 1. The van der Waals surface area contributed by atoms with Gasteiger partial charge < -0.3 is 10.2 Å². The fraction of sp³-hybridized carbons (Fsp3) is 0.500. The molecule has 5 rings (SSSR count). The van der Waals surface area contributed by atoms with Gasteiger partial charge in [0.25, 0.3) is 10.0 Å². The third kappa shape index (κ3) is 4.46. The molecule has 0 aliphatic carbocycles. The summed E-state index contributed by atoms with van der Waals surface area (Å²) >= 11 is 1.73. The Hall–Kier alpha value is -2.23. The molecule has 7 nitrogen and oxygen atoms in total. The Morgan fingerprint density at radius 3 is 2.70 bits per heavy atom. The number of carbonyl (C=O) groups is 1. The van der Waals surface area contributed by atoms with Crippen LogP contribution in [0.25, 0.3) is 0 Å². The highest BCUT2D eigenvalue weighted by Crippen LogP contribution is 2.32. The van der Waals surface area contributed by atoms with E-state index in [4.69, 9.17) is 0 Å². The van der Waals surface area contributed by atoms with E-state index in [1.54, 1.807) is 29.5 Å². The highest BCUT2D eigenvalue weighted by Gasteiger charge is 2.39. The molecule has 4 heterocycles. The van der Waals surface area contributed by atoms with Crippen LogP contribution in [-0.4, -0.2) is 62.2 Å². The first kappa shape index (κ1) is 22.6. The molecule has 3 aliphatic heterocycles. The maximum Gasteiger partial charge on any atom is 0.285 e. The van der Waals surface area contributed by atoms with Gasteiger partial charge in [-0.05, 0) is 68.3 Å². The molecule has 0 radical (unpaired) electrons. The Labute approximate surface area is 199 Å². The molecule has 1 amide bonds. The standard InChI is InChI=1S/C24H30N4O3S2/c1-17-10-13-27(14-11-17)20(21-8-5-15-32-21)16-25-24(29)19-7-4-12-28(19)23-18-6-2-3-9-22(18)33(30,31)26-23/h2-3,5-6,8-9,15,17,19-20H,4,7,10-14,16H2,1H3,(H,25,29)/t19-,20?/m0/s1. The Morgan fingerprint density at radius 1 is 1.15 bits per heavy atom. The van der Waals surface area contributed by atoms with Crippen LogP contribution < -0.4 is 5.32 Å². The first-order valence-electron chi connectivity index (χ1n) is 11.7. The van der Waals surface area contributed by atoms with Crippen LogP contribution in [0.3, 0.4) is 0 Å². The van der Waals surface area contributed by atoms with Crippen LogP contribution in [0.1, 0.15) is 49.1 Å². The molecule has 3 aliphatic rings. The number of sulfonamides is 1. The molecule has 2 saturated heterocycles. The van der Waals surface area contributed by atoms with Crippen LogP contribution in [0, 0.1) is 5.92 Å². The molecule has 0 spiro atoms. The summed E-state index contributed by atoms with van der Waals surface area (Å²) in [4.78, 5) is 19.2. The number of nitrogens with zero attached hydrogens (tertiary/aromatic N) is 3. The zero-order valence-corrected chi connectivity index (χ0v) is 20.4. The largest absolute Gasteiger partial charge is 0.352 e. The van der Waals surface area contributed by atoms with E-state index in [1.807, 2.05) is 11.0 Å². The molecule has 2 aromatic rings. The SMILES string of the molecule is CC1CCN(C(CNC(=O)[C@@H]2CCCN2C2=NS(=O)(=O)c3ccccc32)c2cccs2)CC1. The van der Waals surface area contributed by atoms with Gasteiger partial charge in [-0.15, -0.1) is 15.7 Å². The number of likely N-dealkylation sites (tertiary alicyclic amines) is 2. The number of rotatable bonds is 5. The lowest BCUT2D eigenvalue weighted by Gasteiger charge is -2.36. The smallest absolute Gasteiger partial charge is 0.285 e. The predicted molar refractivity (Wildman–Crippen MR) is 130 cm³/mol. The number of nitrogens with one attached hydrogen (secondary N) is 1. The molecule has 2 atom stereocenters. The van der Waals surface area contributed by atoms with E-state index in [1.165, 1.54) is 17.7 Å². The number of amides is 1. The van der Waals surface area contributed by atoms with Gasteiger partial charge in [0.15, 0.2) is 5.84 Å². The van der Waals surface area contributed by atoms with Gasteiger partial charge in [-0.3, -0.25) is 9.69 Å². The van der Waals surface area contributed by atoms with Crippen molar-refractivity contribution in [2.45, 2.75) is 49.6 Å². The maximum absolute atomic E-state index is 13.3. The summed E-state index contributed by atoms with van der Waals surface area (Å²) in [5.74, 6) is 1.10. The number of thiophene rings is 1. The van der Waals surface area contributed by atoms with Gasteiger partial charge in [-0.1, -0.05) is 25.1 Å². The molecule has 1 aromatic heterocycles. The van der Waals surface area contributed by atoms with Crippen LogP contribution in [0.5, 0.6) is 0 Å². The van der Waals surface area contributed by atoms with Crippen LogP contribution in [-0.2, 0) is 14.8 Å². The second-order valence-electron chi connectivity index (χ2n) is 9.23. The zero-order chi connectivity index (χ0) is 23.0. The number of fused-ring (bicyclic) bond motifs is 1.